The molecule has 4 rings (SSSR count). The number of aromatic nitrogens is 4. The summed E-state index contributed by atoms with van der Waals surface area (Å²) < 4.78 is 3.86. The van der Waals surface area contributed by atoms with Crippen LogP contribution in [-0.4, -0.2) is 37.2 Å². The van der Waals surface area contributed by atoms with Crippen LogP contribution in [0, 0.1) is 20.8 Å². The Morgan fingerprint density at radius 3 is 2.39 bits per heavy atom. The molecule has 2 aromatic heterocycles. The minimum absolute atomic E-state index is 0.0138. The standard InChI is InChI=1S/C25H27N5O/c1-17-7-6-8-23(13-17)30-18(2)14-24(20(30)4)25(31)28(5)19(3)21-9-11-22(12-10-21)29-16-26-15-27-29/h6-16,19H,1-5H3. The zero-order valence-electron chi connectivity index (χ0n) is 18.6. The molecule has 2 aromatic carbocycles. The molecular weight excluding hydrogens is 386 g/mol. The van der Waals surface area contributed by atoms with Gasteiger partial charge in [-0.1, -0.05) is 24.3 Å². The van der Waals surface area contributed by atoms with Gasteiger partial charge in [0, 0.05) is 24.1 Å². The Balaban J connectivity index is 1.59. The second-order valence-electron chi connectivity index (χ2n) is 7.98. The Morgan fingerprint density at radius 2 is 1.74 bits per heavy atom. The minimum Gasteiger partial charge on any atom is -0.335 e. The van der Waals surface area contributed by atoms with Crippen LogP contribution in [0.2, 0.25) is 0 Å². The molecule has 2 heterocycles. The Labute approximate surface area is 182 Å². The summed E-state index contributed by atoms with van der Waals surface area (Å²) in [5, 5.41) is 4.15. The average Bonchev–Trinajstić information content (AvgIpc) is 3.40. The Kier molecular flexibility index (Phi) is 5.46. The van der Waals surface area contributed by atoms with E-state index >= 15 is 0 Å². The number of amides is 1. The van der Waals surface area contributed by atoms with Crippen LogP contribution in [0.1, 0.15) is 45.8 Å². The van der Waals surface area contributed by atoms with Crippen molar-refractivity contribution in [2.24, 2.45) is 0 Å². The minimum atomic E-state index is -0.0701. The van der Waals surface area contributed by atoms with E-state index in [4.69, 9.17) is 0 Å². The first-order chi connectivity index (χ1) is 14.9. The third-order valence-electron chi connectivity index (χ3n) is 5.88. The molecule has 0 fully saturated rings. The number of nitrogens with zero attached hydrogens (tertiary/aromatic N) is 5. The Morgan fingerprint density at radius 1 is 1.00 bits per heavy atom. The van der Waals surface area contributed by atoms with Gasteiger partial charge in [-0.25, -0.2) is 9.67 Å². The lowest BCUT2D eigenvalue weighted by Crippen LogP contribution is -2.30. The molecule has 0 spiro atoms. The quantitative estimate of drug-likeness (QED) is 0.471. The fraction of sp³-hybridized carbons (Fsp3) is 0.240. The summed E-state index contributed by atoms with van der Waals surface area (Å²) in [7, 11) is 1.86. The fourth-order valence-corrected chi connectivity index (χ4v) is 3.98. The zero-order valence-corrected chi connectivity index (χ0v) is 18.6. The Bertz CT molecular complexity index is 1210. The molecule has 0 bridgehead atoms. The van der Waals surface area contributed by atoms with Crippen molar-refractivity contribution in [3.05, 3.63) is 95.3 Å². The third kappa shape index (κ3) is 3.89. The molecule has 0 saturated carbocycles. The van der Waals surface area contributed by atoms with Crippen molar-refractivity contribution in [1.82, 2.24) is 24.2 Å². The highest BCUT2D eigenvalue weighted by atomic mass is 16.2. The lowest BCUT2D eigenvalue weighted by molar-refractivity contribution is 0.0742. The van der Waals surface area contributed by atoms with Crippen LogP contribution in [0.3, 0.4) is 0 Å². The van der Waals surface area contributed by atoms with E-state index in [1.54, 1.807) is 15.9 Å². The average molecular weight is 414 g/mol. The van der Waals surface area contributed by atoms with Crippen LogP contribution in [0.15, 0.2) is 67.3 Å². The van der Waals surface area contributed by atoms with Crippen LogP contribution in [0.4, 0.5) is 0 Å². The molecular formula is C25H27N5O. The van der Waals surface area contributed by atoms with Gasteiger partial charge in [-0.3, -0.25) is 4.79 Å². The van der Waals surface area contributed by atoms with Gasteiger partial charge in [0.15, 0.2) is 0 Å². The number of hydrogen-bond acceptors (Lipinski definition) is 3. The number of hydrogen-bond donors (Lipinski definition) is 0. The van der Waals surface area contributed by atoms with E-state index in [1.807, 2.05) is 64.2 Å². The maximum atomic E-state index is 13.4. The van der Waals surface area contributed by atoms with E-state index in [2.05, 4.69) is 39.8 Å². The Hall–Kier alpha value is -3.67. The van der Waals surface area contributed by atoms with Crippen molar-refractivity contribution >= 4 is 5.91 Å². The summed E-state index contributed by atoms with van der Waals surface area (Å²) >= 11 is 0. The summed E-state index contributed by atoms with van der Waals surface area (Å²) in [6.07, 6.45) is 3.17. The predicted molar refractivity (Wildman–Crippen MR) is 122 cm³/mol. The summed E-state index contributed by atoms with van der Waals surface area (Å²) in [5.41, 5.74) is 6.99. The molecule has 0 aliphatic heterocycles. The van der Waals surface area contributed by atoms with E-state index in [9.17, 15) is 4.79 Å². The second kappa shape index (κ2) is 8.22. The highest BCUT2D eigenvalue weighted by Gasteiger charge is 2.23. The van der Waals surface area contributed by atoms with Crippen LogP contribution in [0.25, 0.3) is 11.4 Å². The van der Waals surface area contributed by atoms with Crippen LogP contribution < -0.4 is 0 Å². The molecule has 6 nitrogen and oxygen atoms in total. The van der Waals surface area contributed by atoms with Gasteiger partial charge in [0.1, 0.15) is 12.7 Å². The van der Waals surface area contributed by atoms with E-state index in [-0.39, 0.29) is 11.9 Å². The van der Waals surface area contributed by atoms with Gasteiger partial charge >= 0.3 is 0 Å². The molecule has 0 aliphatic carbocycles. The number of carbonyl (C=O) groups is 1. The van der Waals surface area contributed by atoms with E-state index in [0.717, 1.165) is 33.9 Å². The molecule has 6 heteroatoms. The summed E-state index contributed by atoms with van der Waals surface area (Å²) in [6, 6.07) is 18.3. The molecule has 1 amide bonds. The van der Waals surface area contributed by atoms with Crippen molar-refractivity contribution in [3.8, 4) is 11.4 Å². The van der Waals surface area contributed by atoms with Crippen molar-refractivity contribution in [1.29, 1.82) is 0 Å². The molecule has 0 aliphatic rings. The lowest BCUT2D eigenvalue weighted by Gasteiger charge is -2.25. The first-order valence-electron chi connectivity index (χ1n) is 10.3. The first kappa shape index (κ1) is 20.6. The van der Waals surface area contributed by atoms with Gasteiger partial charge in [-0.15, -0.1) is 0 Å². The number of aryl methyl sites for hydroxylation is 2. The van der Waals surface area contributed by atoms with Crippen molar-refractivity contribution in [3.63, 3.8) is 0 Å². The van der Waals surface area contributed by atoms with Crippen LogP contribution >= 0.6 is 0 Å². The maximum Gasteiger partial charge on any atom is 0.255 e. The smallest absolute Gasteiger partial charge is 0.255 e. The van der Waals surface area contributed by atoms with E-state index in [1.165, 1.54) is 11.9 Å². The first-order valence-corrected chi connectivity index (χ1v) is 10.3. The molecule has 0 radical (unpaired) electrons. The highest BCUT2D eigenvalue weighted by molar-refractivity contribution is 5.96. The number of rotatable bonds is 5. The van der Waals surface area contributed by atoms with Gasteiger partial charge in [-0.2, -0.15) is 5.10 Å². The van der Waals surface area contributed by atoms with Gasteiger partial charge < -0.3 is 9.47 Å². The second-order valence-corrected chi connectivity index (χ2v) is 7.98. The molecule has 158 valence electrons. The van der Waals surface area contributed by atoms with E-state index < -0.39 is 0 Å². The van der Waals surface area contributed by atoms with Crippen LogP contribution in [0.5, 0.6) is 0 Å². The van der Waals surface area contributed by atoms with Gasteiger partial charge in [0.25, 0.3) is 5.91 Å². The SMILES string of the molecule is Cc1cccc(-n2c(C)cc(C(=O)N(C)C(C)c3ccc(-n4cncn4)cc3)c2C)c1. The monoisotopic (exact) mass is 413 g/mol. The fourth-order valence-electron chi connectivity index (χ4n) is 3.98. The predicted octanol–water partition coefficient (Wildman–Crippen LogP) is 4.82. The topological polar surface area (TPSA) is 56.0 Å². The molecule has 1 atom stereocenters. The van der Waals surface area contributed by atoms with Gasteiger partial charge in [0.2, 0.25) is 0 Å². The molecule has 31 heavy (non-hydrogen) atoms. The maximum absolute atomic E-state index is 13.4. The van der Waals surface area contributed by atoms with Gasteiger partial charge in [0.05, 0.1) is 17.3 Å². The molecule has 0 N–H and O–H groups in total. The molecule has 0 saturated heterocycles. The lowest BCUT2D eigenvalue weighted by atomic mass is 10.1. The number of carbonyl (C=O) groups excluding carboxylic acids is 1. The van der Waals surface area contributed by atoms with Crippen molar-refractivity contribution in [2.75, 3.05) is 7.05 Å². The molecule has 1 unspecified atom stereocenters. The summed E-state index contributed by atoms with van der Waals surface area (Å²) in [5.74, 6) is 0.0138. The third-order valence-corrected chi connectivity index (χ3v) is 5.88. The zero-order chi connectivity index (χ0) is 22.1. The largest absolute Gasteiger partial charge is 0.335 e. The van der Waals surface area contributed by atoms with Gasteiger partial charge in [-0.05, 0) is 69.2 Å². The van der Waals surface area contributed by atoms with Crippen molar-refractivity contribution in [2.45, 2.75) is 33.7 Å². The number of benzene rings is 2. The van der Waals surface area contributed by atoms with Crippen molar-refractivity contribution < 1.29 is 4.79 Å². The molecule has 4 aromatic rings. The van der Waals surface area contributed by atoms with E-state index in [0.29, 0.717) is 0 Å². The summed E-state index contributed by atoms with van der Waals surface area (Å²) in [4.78, 5) is 19.2. The normalized spacial score (nSPS) is 12.0. The summed E-state index contributed by atoms with van der Waals surface area (Å²) in [6.45, 7) is 8.17. The van der Waals surface area contributed by atoms with Crippen LogP contribution in [-0.2, 0) is 0 Å². The highest BCUT2D eigenvalue weighted by Crippen LogP contribution is 2.26.